The Kier molecular flexibility index (Phi) is 7.44. The average Bonchev–Trinajstić information content (AvgIpc) is 2.84. The molecule has 3 aliphatic carbocycles. The molecule has 206 valence electrons. The molecule has 1 amide bonds. The molecule has 0 spiro atoms. The molecule has 0 radical (unpaired) electrons. The van der Waals surface area contributed by atoms with Crippen molar-refractivity contribution in [2.24, 2.45) is 23.3 Å². The summed E-state index contributed by atoms with van der Waals surface area (Å²) in [5.74, 6) is -6.52. The molecule has 0 aromatic heterocycles. The topological polar surface area (TPSA) is 187 Å². The van der Waals surface area contributed by atoms with Crippen LogP contribution in [0.2, 0.25) is 0 Å². The Labute approximate surface area is 221 Å². The summed E-state index contributed by atoms with van der Waals surface area (Å²) in [4.78, 5) is 40.7. The summed E-state index contributed by atoms with van der Waals surface area (Å²) in [5, 5.41) is 45.1. The minimum atomic E-state index is -2.64. The molecule has 0 saturated heterocycles. The van der Waals surface area contributed by atoms with E-state index < -0.39 is 58.0 Å². The van der Waals surface area contributed by atoms with Gasteiger partial charge in [-0.2, -0.15) is 0 Å². The van der Waals surface area contributed by atoms with Gasteiger partial charge in [-0.15, -0.1) is 0 Å². The third kappa shape index (κ3) is 4.02. The summed E-state index contributed by atoms with van der Waals surface area (Å²) in [7, 11) is 3.16. The van der Waals surface area contributed by atoms with Gasteiger partial charge in [-0.1, -0.05) is 32.3 Å². The quantitative estimate of drug-likeness (QED) is 0.215. The van der Waals surface area contributed by atoms with Crippen LogP contribution in [-0.2, 0) is 33.8 Å². The number of carbonyl (C=O) groups excluding carboxylic acids is 3. The van der Waals surface area contributed by atoms with Gasteiger partial charge in [0, 0.05) is 23.6 Å². The molecule has 1 fully saturated rings. The van der Waals surface area contributed by atoms with Crippen LogP contribution in [0.25, 0.3) is 5.76 Å². The largest absolute Gasteiger partial charge is 0.508 e. The Balaban J connectivity index is 1.91. The van der Waals surface area contributed by atoms with Crippen LogP contribution in [0, 0.1) is 11.8 Å². The average molecular weight is 528 g/mol. The number of phenols is 1. The Bertz CT molecular complexity index is 1270. The van der Waals surface area contributed by atoms with E-state index in [9.17, 15) is 34.8 Å². The number of phenolic OH excluding ortho intramolecular Hbond substituents is 1. The SMILES string of the molecule is CCCCCCc1cc(CN)c(O)c2c1C[C@H]1C[C@H]3[C@H](N(C)C)C(=O)C(C(N)=O)=C(O)[C@]3(O)C(=O)C1=C2O. The summed E-state index contributed by atoms with van der Waals surface area (Å²) in [5.41, 5.74) is 9.78. The zero-order chi connectivity index (χ0) is 28.1. The number of amides is 1. The second-order valence-electron chi connectivity index (χ2n) is 10.9. The number of aromatic hydroxyl groups is 1. The van der Waals surface area contributed by atoms with Gasteiger partial charge >= 0.3 is 0 Å². The fraction of sp³-hybridized carbons (Fsp3) is 0.536. The first-order valence-electron chi connectivity index (χ1n) is 13.1. The highest BCUT2D eigenvalue weighted by Gasteiger charge is 2.64. The number of fused-ring (bicyclic) bond motifs is 3. The number of hydrogen-bond acceptors (Lipinski definition) is 9. The molecule has 0 bridgehead atoms. The lowest BCUT2D eigenvalue weighted by atomic mass is 9.57. The van der Waals surface area contributed by atoms with E-state index in [4.69, 9.17) is 11.5 Å². The molecule has 10 nitrogen and oxygen atoms in total. The lowest BCUT2D eigenvalue weighted by Crippen LogP contribution is -2.65. The fourth-order valence-corrected chi connectivity index (χ4v) is 6.57. The van der Waals surface area contributed by atoms with Crippen molar-refractivity contribution in [1.29, 1.82) is 0 Å². The summed E-state index contributed by atoms with van der Waals surface area (Å²) < 4.78 is 0. The number of carbonyl (C=O) groups is 3. The molecule has 4 rings (SSSR count). The van der Waals surface area contributed by atoms with Crippen molar-refractivity contribution in [3.8, 4) is 5.75 Å². The molecule has 1 aromatic rings. The van der Waals surface area contributed by atoms with Crippen LogP contribution >= 0.6 is 0 Å². The molecule has 0 unspecified atom stereocenters. The minimum Gasteiger partial charge on any atom is -0.508 e. The summed E-state index contributed by atoms with van der Waals surface area (Å²) in [6, 6.07) is 0.744. The second kappa shape index (κ2) is 10.2. The van der Waals surface area contributed by atoms with Gasteiger partial charge in [0.2, 0.25) is 5.78 Å². The van der Waals surface area contributed by atoms with Gasteiger partial charge in [0.15, 0.2) is 11.4 Å². The Morgan fingerprint density at radius 2 is 1.82 bits per heavy atom. The van der Waals surface area contributed by atoms with Crippen molar-refractivity contribution in [1.82, 2.24) is 4.90 Å². The van der Waals surface area contributed by atoms with Crippen LogP contribution in [0.5, 0.6) is 5.75 Å². The van der Waals surface area contributed by atoms with Crippen LogP contribution in [-0.4, -0.2) is 68.5 Å². The molecule has 8 N–H and O–H groups in total. The van der Waals surface area contributed by atoms with E-state index >= 15 is 0 Å². The van der Waals surface area contributed by atoms with Crippen molar-refractivity contribution in [3.05, 3.63) is 45.2 Å². The number of benzene rings is 1. The highest BCUT2D eigenvalue weighted by Crippen LogP contribution is 2.53. The number of hydrogen-bond donors (Lipinski definition) is 6. The normalized spacial score (nSPS) is 26.9. The molecule has 38 heavy (non-hydrogen) atoms. The van der Waals surface area contributed by atoms with Gasteiger partial charge in [0.05, 0.1) is 11.6 Å². The van der Waals surface area contributed by atoms with Gasteiger partial charge in [-0.3, -0.25) is 19.3 Å². The van der Waals surface area contributed by atoms with Crippen molar-refractivity contribution in [3.63, 3.8) is 0 Å². The van der Waals surface area contributed by atoms with Crippen molar-refractivity contribution in [2.45, 2.75) is 70.1 Å². The van der Waals surface area contributed by atoms with E-state index in [-0.39, 0.29) is 36.3 Å². The first-order valence-corrected chi connectivity index (χ1v) is 13.1. The van der Waals surface area contributed by atoms with E-state index in [0.717, 1.165) is 31.2 Å². The van der Waals surface area contributed by atoms with Gasteiger partial charge in [0.25, 0.3) is 5.91 Å². The van der Waals surface area contributed by atoms with E-state index in [1.54, 1.807) is 14.1 Å². The van der Waals surface area contributed by atoms with Crippen molar-refractivity contribution >= 4 is 23.2 Å². The number of unbranched alkanes of at least 4 members (excludes halogenated alkanes) is 3. The van der Waals surface area contributed by atoms with Crippen LogP contribution < -0.4 is 11.5 Å². The van der Waals surface area contributed by atoms with Crippen molar-refractivity contribution < 1.29 is 34.8 Å². The third-order valence-electron chi connectivity index (χ3n) is 8.41. The predicted octanol–water partition coefficient (Wildman–Crippen LogP) is 1.55. The summed E-state index contributed by atoms with van der Waals surface area (Å²) >= 11 is 0. The van der Waals surface area contributed by atoms with E-state index in [2.05, 4.69) is 6.92 Å². The number of rotatable bonds is 8. The van der Waals surface area contributed by atoms with Crippen LogP contribution in [0.15, 0.2) is 23.0 Å². The van der Waals surface area contributed by atoms with Crippen LogP contribution in [0.4, 0.5) is 0 Å². The monoisotopic (exact) mass is 527 g/mol. The maximum atomic E-state index is 13.9. The van der Waals surface area contributed by atoms with Gasteiger partial charge in [-0.05, 0) is 56.8 Å². The van der Waals surface area contributed by atoms with Gasteiger partial charge in [0.1, 0.15) is 22.8 Å². The Morgan fingerprint density at radius 3 is 2.39 bits per heavy atom. The standard InChI is InChI=1S/C28H37N3O7/c1-4-5-6-7-8-13-9-15(12-29)22(32)19-16(13)10-14-11-17-21(31(2)3)24(34)20(27(30)37)26(36)28(17,38)25(35)18(14)23(19)33/h9,14,17,21,32-33,36,38H,4-8,10-12,29H2,1-3H3,(H2,30,37)/t14-,17-,21-,28+/m0/s1. The number of nitrogens with two attached hydrogens (primary N) is 2. The highest BCUT2D eigenvalue weighted by atomic mass is 16.3. The molecule has 1 aromatic carbocycles. The van der Waals surface area contributed by atoms with E-state index in [0.29, 0.717) is 17.5 Å². The third-order valence-corrected chi connectivity index (χ3v) is 8.41. The smallest absolute Gasteiger partial charge is 0.255 e. The molecular weight excluding hydrogens is 490 g/mol. The lowest BCUT2D eigenvalue weighted by Gasteiger charge is -2.50. The first kappa shape index (κ1) is 27.8. The number of aliphatic hydroxyl groups excluding tert-OH is 2. The molecule has 0 heterocycles. The molecule has 10 heteroatoms. The number of aryl methyl sites for hydroxylation is 1. The zero-order valence-corrected chi connectivity index (χ0v) is 22.1. The lowest BCUT2D eigenvalue weighted by molar-refractivity contribution is -0.153. The van der Waals surface area contributed by atoms with E-state index in [1.165, 1.54) is 4.90 Å². The molecule has 0 aliphatic heterocycles. The number of ketones is 2. The van der Waals surface area contributed by atoms with Crippen LogP contribution in [0.1, 0.15) is 61.3 Å². The number of likely N-dealkylation sites (N-methyl/N-ethyl adjacent to an activating group) is 1. The number of aliphatic hydroxyl groups is 3. The maximum absolute atomic E-state index is 13.9. The fourth-order valence-electron chi connectivity index (χ4n) is 6.57. The number of primary amides is 1. The molecular formula is C28H37N3O7. The molecule has 3 aliphatic rings. The maximum Gasteiger partial charge on any atom is 0.255 e. The zero-order valence-electron chi connectivity index (χ0n) is 22.1. The second-order valence-corrected chi connectivity index (χ2v) is 10.9. The summed E-state index contributed by atoms with van der Waals surface area (Å²) in [6.45, 7) is 2.14. The van der Waals surface area contributed by atoms with Gasteiger partial charge < -0.3 is 31.9 Å². The minimum absolute atomic E-state index is 0.0190. The number of nitrogens with zero attached hydrogens (tertiary/aromatic N) is 1. The molecule has 4 atom stereocenters. The summed E-state index contributed by atoms with van der Waals surface area (Å²) in [6.07, 6.45) is 5.15. The van der Waals surface area contributed by atoms with E-state index in [1.807, 2.05) is 6.07 Å². The van der Waals surface area contributed by atoms with Crippen molar-refractivity contribution in [2.75, 3.05) is 14.1 Å². The predicted molar refractivity (Wildman–Crippen MR) is 140 cm³/mol. The van der Waals surface area contributed by atoms with Gasteiger partial charge in [-0.25, -0.2) is 0 Å². The Hall–Kier alpha value is -3.21. The number of Topliss-reactive ketones (excluding diaryl/α,β-unsaturated/α-hetero) is 2. The Morgan fingerprint density at radius 1 is 1.13 bits per heavy atom. The van der Waals surface area contributed by atoms with Crippen LogP contribution in [0.3, 0.4) is 0 Å². The first-order chi connectivity index (χ1) is 17.9. The highest BCUT2D eigenvalue weighted by molar-refractivity contribution is 6.24. The molecule has 1 saturated carbocycles.